The van der Waals surface area contributed by atoms with Crippen LogP contribution >= 0.6 is 0 Å². The molecule has 1 aliphatic carbocycles. The number of hydrogen-bond donors (Lipinski definition) is 1. The maximum absolute atomic E-state index is 12.8. The fraction of sp³-hybridized carbons (Fsp3) is 0.875. The summed E-state index contributed by atoms with van der Waals surface area (Å²) in [4.78, 5) is 10.2. The minimum atomic E-state index is -1.64. The topological polar surface area (TPSA) is 37.3 Å². The van der Waals surface area contributed by atoms with Gasteiger partial charge in [0.05, 0.1) is 0 Å². The SMILES string of the molecule is CC1CCC(C(F)C(=O)O)C1. The molecule has 0 radical (unpaired) electrons. The molecule has 1 N–H and O–H groups in total. The second-order valence-electron chi connectivity index (χ2n) is 3.42. The molecule has 2 nitrogen and oxygen atoms in total. The molecule has 0 aliphatic heterocycles. The highest BCUT2D eigenvalue weighted by molar-refractivity contribution is 5.72. The van der Waals surface area contributed by atoms with Gasteiger partial charge in [-0.15, -0.1) is 0 Å². The van der Waals surface area contributed by atoms with Crippen molar-refractivity contribution in [1.29, 1.82) is 0 Å². The van der Waals surface area contributed by atoms with Crippen LogP contribution in [-0.2, 0) is 4.79 Å². The average molecular weight is 160 g/mol. The van der Waals surface area contributed by atoms with E-state index in [9.17, 15) is 9.18 Å². The molecule has 1 fully saturated rings. The molecule has 11 heavy (non-hydrogen) atoms. The zero-order valence-corrected chi connectivity index (χ0v) is 6.59. The molecule has 1 rings (SSSR count). The van der Waals surface area contributed by atoms with Crippen LogP contribution in [0.25, 0.3) is 0 Å². The summed E-state index contributed by atoms with van der Waals surface area (Å²) < 4.78 is 12.8. The van der Waals surface area contributed by atoms with Crippen LogP contribution in [0.2, 0.25) is 0 Å². The van der Waals surface area contributed by atoms with Crippen LogP contribution in [0.3, 0.4) is 0 Å². The first kappa shape index (κ1) is 8.50. The molecule has 3 atom stereocenters. The lowest BCUT2D eigenvalue weighted by molar-refractivity contribution is -0.144. The highest BCUT2D eigenvalue weighted by Crippen LogP contribution is 2.33. The Morgan fingerprint density at radius 2 is 2.27 bits per heavy atom. The van der Waals surface area contributed by atoms with Crippen molar-refractivity contribution >= 4 is 5.97 Å². The molecule has 0 spiro atoms. The molecule has 3 unspecified atom stereocenters. The third kappa shape index (κ3) is 1.91. The van der Waals surface area contributed by atoms with Crippen LogP contribution in [0.4, 0.5) is 4.39 Å². The van der Waals surface area contributed by atoms with Gasteiger partial charge in [0.15, 0.2) is 6.17 Å². The molecule has 1 aliphatic rings. The highest BCUT2D eigenvalue weighted by atomic mass is 19.1. The standard InChI is InChI=1S/C8H13FO2/c1-5-2-3-6(4-5)7(9)8(10)11/h5-7H,2-4H2,1H3,(H,10,11). The average Bonchev–Trinajstić information content (AvgIpc) is 2.34. The number of carboxylic acids is 1. The number of alkyl halides is 1. The molecule has 0 saturated heterocycles. The number of hydrogen-bond acceptors (Lipinski definition) is 1. The molecule has 0 bridgehead atoms. The van der Waals surface area contributed by atoms with Crippen LogP contribution < -0.4 is 0 Å². The maximum atomic E-state index is 12.8. The maximum Gasteiger partial charge on any atom is 0.338 e. The van der Waals surface area contributed by atoms with Crippen molar-refractivity contribution in [3.8, 4) is 0 Å². The van der Waals surface area contributed by atoms with Gasteiger partial charge < -0.3 is 5.11 Å². The van der Waals surface area contributed by atoms with E-state index in [0.717, 1.165) is 19.3 Å². The Kier molecular flexibility index (Phi) is 2.47. The summed E-state index contributed by atoms with van der Waals surface area (Å²) in [6, 6.07) is 0. The van der Waals surface area contributed by atoms with Gasteiger partial charge in [0.2, 0.25) is 0 Å². The molecule has 0 aromatic rings. The Bertz CT molecular complexity index is 158. The third-order valence-electron chi connectivity index (χ3n) is 2.39. The fourth-order valence-corrected chi connectivity index (χ4v) is 1.72. The van der Waals surface area contributed by atoms with E-state index < -0.39 is 12.1 Å². The van der Waals surface area contributed by atoms with Crippen LogP contribution in [0.1, 0.15) is 26.2 Å². The zero-order chi connectivity index (χ0) is 8.43. The number of halogens is 1. The molecular formula is C8H13FO2. The summed E-state index contributed by atoms with van der Waals surface area (Å²) in [5, 5.41) is 8.35. The molecule has 0 heterocycles. The van der Waals surface area contributed by atoms with E-state index in [1.165, 1.54) is 0 Å². The minimum Gasteiger partial charge on any atom is -0.479 e. The minimum absolute atomic E-state index is 0.234. The monoisotopic (exact) mass is 160 g/mol. The predicted octanol–water partition coefficient (Wildman–Crippen LogP) is 1.85. The fourth-order valence-electron chi connectivity index (χ4n) is 1.72. The Morgan fingerprint density at radius 3 is 2.64 bits per heavy atom. The van der Waals surface area contributed by atoms with E-state index in [0.29, 0.717) is 5.92 Å². The number of aliphatic carboxylic acids is 1. The lowest BCUT2D eigenvalue weighted by Crippen LogP contribution is -2.23. The Morgan fingerprint density at radius 1 is 1.64 bits per heavy atom. The molecule has 0 amide bonds. The van der Waals surface area contributed by atoms with Crippen LogP contribution in [-0.4, -0.2) is 17.2 Å². The van der Waals surface area contributed by atoms with Crippen molar-refractivity contribution in [1.82, 2.24) is 0 Å². The Labute approximate surface area is 65.4 Å². The summed E-state index contributed by atoms with van der Waals surface area (Å²) in [5.41, 5.74) is 0. The molecule has 1 saturated carbocycles. The lowest BCUT2D eigenvalue weighted by atomic mass is 10.0. The normalized spacial score (nSPS) is 33.6. The third-order valence-corrected chi connectivity index (χ3v) is 2.39. The smallest absolute Gasteiger partial charge is 0.338 e. The van der Waals surface area contributed by atoms with Crippen LogP contribution in [0.5, 0.6) is 0 Å². The van der Waals surface area contributed by atoms with Gasteiger partial charge in [0.25, 0.3) is 0 Å². The molecule has 0 aromatic carbocycles. The van der Waals surface area contributed by atoms with Crippen molar-refractivity contribution in [3.05, 3.63) is 0 Å². The summed E-state index contributed by atoms with van der Waals surface area (Å²) >= 11 is 0. The van der Waals surface area contributed by atoms with Gasteiger partial charge in [-0.05, 0) is 18.8 Å². The number of rotatable bonds is 2. The Balaban J connectivity index is 2.43. The van der Waals surface area contributed by atoms with Gasteiger partial charge >= 0.3 is 5.97 Å². The lowest BCUT2D eigenvalue weighted by Gasteiger charge is -2.10. The highest BCUT2D eigenvalue weighted by Gasteiger charge is 2.32. The van der Waals surface area contributed by atoms with Gasteiger partial charge in [0, 0.05) is 5.92 Å². The molecular weight excluding hydrogens is 147 g/mol. The Hall–Kier alpha value is -0.600. The summed E-state index contributed by atoms with van der Waals surface area (Å²) in [6.45, 7) is 2.04. The quantitative estimate of drug-likeness (QED) is 0.669. The summed E-state index contributed by atoms with van der Waals surface area (Å²) in [5.74, 6) is -1.04. The van der Waals surface area contributed by atoms with Crippen LogP contribution in [0, 0.1) is 11.8 Å². The summed E-state index contributed by atoms with van der Waals surface area (Å²) in [7, 11) is 0. The van der Waals surface area contributed by atoms with Crippen LogP contribution in [0.15, 0.2) is 0 Å². The van der Waals surface area contributed by atoms with Crippen molar-refractivity contribution in [2.24, 2.45) is 11.8 Å². The molecule has 3 heteroatoms. The van der Waals surface area contributed by atoms with Gasteiger partial charge in [0.1, 0.15) is 0 Å². The van der Waals surface area contributed by atoms with Crippen molar-refractivity contribution in [2.75, 3.05) is 0 Å². The largest absolute Gasteiger partial charge is 0.479 e. The zero-order valence-electron chi connectivity index (χ0n) is 6.59. The van der Waals surface area contributed by atoms with Gasteiger partial charge in [-0.3, -0.25) is 0 Å². The van der Waals surface area contributed by atoms with Crippen molar-refractivity contribution < 1.29 is 14.3 Å². The van der Waals surface area contributed by atoms with Gasteiger partial charge in [-0.25, -0.2) is 9.18 Å². The first-order valence-electron chi connectivity index (χ1n) is 3.98. The van der Waals surface area contributed by atoms with Crippen molar-refractivity contribution in [3.63, 3.8) is 0 Å². The van der Waals surface area contributed by atoms with E-state index in [-0.39, 0.29) is 5.92 Å². The van der Waals surface area contributed by atoms with E-state index >= 15 is 0 Å². The van der Waals surface area contributed by atoms with E-state index in [4.69, 9.17) is 5.11 Å². The molecule has 0 aromatic heterocycles. The van der Waals surface area contributed by atoms with E-state index in [1.54, 1.807) is 0 Å². The van der Waals surface area contributed by atoms with Gasteiger partial charge in [-0.1, -0.05) is 13.3 Å². The number of carbonyl (C=O) groups is 1. The van der Waals surface area contributed by atoms with E-state index in [2.05, 4.69) is 0 Å². The summed E-state index contributed by atoms with van der Waals surface area (Å²) in [6.07, 6.45) is 0.792. The number of carboxylic acid groups (broad SMARTS) is 1. The molecule has 64 valence electrons. The van der Waals surface area contributed by atoms with E-state index in [1.807, 2.05) is 6.92 Å². The predicted molar refractivity (Wildman–Crippen MR) is 39.0 cm³/mol. The second kappa shape index (κ2) is 3.20. The first-order chi connectivity index (χ1) is 5.11. The van der Waals surface area contributed by atoms with Crippen molar-refractivity contribution in [2.45, 2.75) is 32.4 Å². The van der Waals surface area contributed by atoms with Gasteiger partial charge in [-0.2, -0.15) is 0 Å². The first-order valence-corrected chi connectivity index (χ1v) is 3.98. The second-order valence-corrected chi connectivity index (χ2v) is 3.42.